The van der Waals surface area contributed by atoms with Gasteiger partial charge >= 0.3 is 0 Å². The molecule has 5 rings (SSSR count). The van der Waals surface area contributed by atoms with Crippen LogP contribution in [0.15, 0.2) is 86.5 Å². The molecule has 4 aromatic rings. The molecule has 6 heteroatoms. The fraction of sp³-hybridized carbons (Fsp3) is 0.120. The summed E-state index contributed by atoms with van der Waals surface area (Å²) >= 11 is 3.49. The Hall–Kier alpha value is -3.22. The van der Waals surface area contributed by atoms with Crippen molar-refractivity contribution in [1.29, 1.82) is 0 Å². The number of amides is 1. The number of ether oxygens (including phenoxy) is 1. The number of nitrogens with two attached hydrogens (primary N) is 1. The van der Waals surface area contributed by atoms with Gasteiger partial charge in [-0.25, -0.2) is 0 Å². The number of halogens is 1. The quantitative estimate of drug-likeness (QED) is 0.456. The normalized spacial score (nSPS) is 18.0. The van der Waals surface area contributed by atoms with E-state index in [2.05, 4.69) is 15.9 Å². The van der Waals surface area contributed by atoms with Gasteiger partial charge in [0.1, 0.15) is 11.9 Å². The molecular weight excluding hydrogens is 458 g/mol. The van der Waals surface area contributed by atoms with Gasteiger partial charge in [-0.1, -0.05) is 60.7 Å². The molecule has 3 aromatic carbocycles. The number of carbonyl (C=O) groups is 1. The van der Waals surface area contributed by atoms with Gasteiger partial charge in [0.25, 0.3) is 0 Å². The van der Waals surface area contributed by atoms with E-state index in [0.717, 1.165) is 21.2 Å². The Morgan fingerprint density at radius 3 is 2.32 bits per heavy atom. The Bertz CT molecular complexity index is 1350. The van der Waals surface area contributed by atoms with Crippen LogP contribution in [0.25, 0.3) is 33.4 Å². The molecule has 0 aliphatic carbocycles. The van der Waals surface area contributed by atoms with E-state index in [1.807, 2.05) is 66.7 Å². The number of carbonyl (C=O) groups excluding carboxylic acids is 1. The van der Waals surface area contributed by atoms with Crippen molar-refractivity contribution in [2.75, 3.05) is 6.61 Å². The molecule has 1 aliphatic rings. The first kappa shape index (κ1) is 19.7. The largest absolute Gasteiger partial charge is 0.454 e. The summed E-state index contributed by atoms with van der Waals surface area (Å²) < 4.78 is 12.3. The van der Waals surface area contributed by atoms with E-state index in [0.29, 0.717) is 28.9 Å². The molecule has 1 fully saturated rings. The van der Waals surface area contributed by atoms with Crippen molar-refractivity contribution >= 4 is 32.8 Å². The summed E-state index contributed by atoms with van der Waals surface area (Å²) in [6.07, 6.45) is -0.603. The molecule has 0 spiro atoms. The number of hydrogen-bond acceptors (Lipinski definition) is 4. The lowest BCUT2D eigenvalue weighted by Crippen LogP contribution is -2.47. The predicted octanol–water partition coefficient (Wildman–Crippen LogP) is 4.86. The van der Waals surface area contributed by atoms with Gasteiger partial charge in [-0.05, 0) is 39.2 Å². The number of fused-ring (bicyclic) bond motifs is 1. The van der Waals surface area contributed by atoms with Crippen LogP contribution in [0.3, 0.4) is 0 Å². The average molecular weight is 476 g/mol. The van der Waals surface area contributed by atoms with Gasteiger partial charge in [0.05, 0.1) is 22.0 Å². The second kappa shape index (κ2) is 7.80. The molecule has 0 bridgehead atoms. The van der Waals surface area contributed by atoms with Crippen molar-refractivity contribution in [2.24, 2.45) is 5.73 Å². The summed E-state index contributed by atoms with van der Waals surface area (Å²) in [6, 6.07) is 22.6. The van der Waals surface area contributed by atoms with Gasteiger partial charge in [0.2, 0.25) is 11.3 Å². The zero-order valence-corrected chi connectivity index (χ0v) is 18.0. The van der Waals surface area contributed by atoms with Gasteiger partial charge in [0, 0.05) is 11.5 Å². The van der Waals surface area contributed by atoms with Gasteiger partial charge in [-0.2, -0.15) is 0 Å². The monoisotopic (exact) mass is 475 g/mol. The first-order valence-electron chi connectivity index (χ1n) is 9.86. The van der Waals surface area contributed by atoms with Crippen molar-refractivity contribution in [2.45, 2.75) is 12.0 Å². The SMILES string of the molecule is NC(=O)C1OCC1c1ccc(-c2c(-c3ccccc3)oc3c(Br)cccc3c2=O)cc1. The Balaban J connectivity index is 1.68. The third kappa shape index (κ3) is 3.38. The van der Waals surface area contributed by atoms with Crippen LogP contribution < -0.4 is 11.2 Å². The fourth-order valence-electron chi connectivity index (χ4n) is 3.97. The first-order chi connectivity index (χ1) is 15.0. The Kier molecular flexibility index (Phi) is 4.96. The van der Waals surface area contributed by atoms with Gasteiger partial charge < -0.3 is 14.9 Å². The lowest BCUT2D eigenvalue weighted by atomic mass is 9.88. The zero-order chi connectivity index (χ0) is 21.5. The lowest BCUT2D eigenvalue weighted by Gasteiger charge is -2.34. The average Bonchev–Trinajstić information content (AvgIpc) is 2.74. The second-order valence-corrected chi connectivity index (χ2v) is 8.36. The fourth-order valence-corrected chi connectivity index (χ4v) is 4.42. The standard InChI is InChI=1S/C25H18BrNO4/c26-19-8-4-7-17-21(28)20(22(31-23(17)19)16-5-2-1-3-6-16)15-11-9-14(10-12-15)18-13-30-24(18)25(27)29/h1-12,18,24H,13H2,(H2,27,29). The number of primary amides is 1. The molecule has 31 heavy (non-hydrogen) atoms. The van der Waals surface area contributed by atoms with Gasteiger partial charge in [-0.3, -0.25) is 9.59 Å². The van der Waals surface area contributed by atoms with Crippen molar-refractivity contribution in [1.82, 2.24) is 0 Å². The highest BCUT2D eigenvalue weighted by molar-refractivity contribution is 9.10. The predicted molar refractivity (Wildman–Crippen MR) is 123 cm³/mol. The highest BCUT2D eigenvalue weighted by atomic mass is 79.9. The van der Waals surface area contributed by atoms with Gasteiger partial charge in [-0.15, -0.1) is 0 Å². The third-order valence-electron chi connectivity index (χ3n) is 5.63. The highest BCUT2D eigenvalue weighted by Crippen LogP contribution is 2.36. The number of para-hydroxylation sites is 1. The van der Waals surface area contributed by atoms with Crippen molar-refractivity contribution in [3.05, 3.63) is 93.1 Å². The number of benzene rings is 3. The third-order valence-corrected chi connectivity index (χ3v) is 6.26. The molecule has 2 N–H and O–H groups in total. The van der Waals surface area contributed by atoms with Crippen LogP contribution in [-0.2, 0) is 9.53 Å². The molecule has 2 unspecified atom stereocenters. The van der Waals surface area contributed by atoms with E-state index < -0.39 is 12.0 Å². The summed E-state index contributed by atoms with van der Waals surface area (Å²) in [5.41, 5.74) is 8.82. The molecule has 2 atom stereocenters. The Morgan fingerprint density at radius 2 is 1.68 bits per heavy atom. The molecule has 2 heterocycles. The van der Waals surface area contributed by atoms with Crippen LogP contribution in [0.5, 0.6) is 0 Å². The van der Waals surface area contributed by atoms with Crippen LogP contribution in [0.4, 0.5) is 0 Å². The summed E-state index contributed by atoms with van der Waals surface area (Å²) in [5, 5.41) is 0.509. The summed E-state index contributed by atoms with van der Waals surface area (Å²) in [5.74, 6) is -0.0173. The molecule has 1 amide bonds. The second-order valence-electron chi connectivity index (χ2n) is 7.50. The van der Waals surface area contributed by atoms with E-state index in [1.165, 1.54) is 0 Å². The summed E-state index contributed by atoms with van der Waals surface area (Å²) in [7, 11) is 0. The molecule has 1 aromatic heterocycles. The molecule has 154 valence electrons. The molecule has 1 aliphatic heterocycles. The molecule has 1 saturated heterocycles. The van der Waals surface area contributed by atoms with Crippen molar-refractivity contribution < 1.29 is 13.9 Å². The summed E-state index contributed by atoms with van der Waals surface area (Å²) in [4.78, 5) is 25.0. The number of hydrogen-bond donors (Lipinski definition) is 1. The molecular formula is C25H18BrNO4. The van der Waals surface area contributed by atoms with E-state index in [9.17, 15) is 9.59 Å². The van der Waals surface area contributed by atoms with Crippen LogP contribution in [-0.4, -0.2) is 18.6 Å². The maximum Gasteiger partial charge on any atom is 0.247 e. The molecule has 5 nitrogen and oxygen atoms in total. The first-order valence-corrected chi connectivity index (χ1v) is 10.7. The van der Waals surface area contributed by atoms with E-state index in [1.54, 1.807) is 6.07 Å². The van der Waals surface area contributed by atoms with Gasteiger partial charge in [0.15, 0.2) is 5.58 Å². The topological polar surface area (TPSA) is 82.5 Å². The molecule has 0 radical (unpaired) electrons. The highest BCUT2D eigenvalue weighted by Gasteiger charge is 2.37. The Labute approximate surface area is 186 Å². The van der Waals surface area contributed by atoms with Crippen LogP contribution in [0.2, 0.25) is 0 Å². The van der Waals surface area contributed by atoms with Crippen molar-refractivity contribution in [3.8, 4) is 22.5 Å². The minimum atomic E-state index is -0.603. The zero-order valence-electron chi connectivity index (χ0n) is 16.4. The molecule has 0 saturated carbocycles. The van der Waals surface area contributed by atoms with Crippen LogP contribution in [0.1, 0.15) is 11.5 Å². The maximum atomic E-state index is 13.5. The van der Waals surface area contributed by atoms with E-state index in [-0.39, 0.29) is 11.3 Å². The summed E-state index contributed by atoms with van der Waals surface area (Å²) in [6.45, 7) is 0.453. The van der Waals surface area contributed by atoms with E-state index >= 15 is 0 Å². The van der Waals surface area contributed by atoms with Crippen molar-refractivity contribution in [3.63, 3.8) is 0 Å². The lowest BCUT2D eigenvalue weighted by molar-refractivity contribution is -0.146. The minimum absolute atomic E-state index is 0.0656. The Morgan fingerprint density at radius 1 is 0.935 bits per heavy atom. The minimum Gasteiger partial charge on any atom is -0.454 e. The van der Waals surface area contributed by atoms with E-state index in [4.69, 9.17) is 14.9 Å². The number of rotatable bonds is 4. The maximum absolute atomic E-state index is 13.5. The van der Waals surface area contributed by atoms with Crippen LogP contribution in [0, 0.1) is 0 Å². The smallest absolute Gasteiger partial charge is 0.247 e. The van der Waals surface area contributed by atoms with Crippen LogP contribution >= 0.6 is 15.9 Å².